The van der Waals surface area contributed by atoms with Crippen LogP contribution in [0.1, 0.15) is 49.9 Å². The third kappa shape index (κ3) is 1.88. The molecule has 1 aromatic rings. The molecule has 0 aromatic carbocycles. The molecule has 2 unspecified atom stereocenters. The topological polar surface area (TPSA) is 53.1 Å². The highest BCUT2D eigenvalue weighted by Gasteiger charge is 2.55. The van der Waals surface area contributed by atoms with Crippen molar-refractivity contribution in [2.45, 2.75) is 64.5 Å². The number of aromatic nitrogens is 2. The lowest BCUT2D eigenvalue weighted by molar-refractivity contribution is -0.0903. The van der Waals surface area contributed by atoms with E-state index in [4.69, 9.17) is 10.5 Å². The summed E-state index contributed by atoms with van der Waals surface area (Å²) in [7, 11) is 1.97. The monoisotopic (exact) mass is 263 g/mol. The quantitative estimate of drug-likeness (QED) is 0.891. The van der Waals surface area contributed by atoms with Crippen molar-refractivity contribution in [3.8, 4) is 5.75 Å². The molecule has 19 heavy (non-hydrogen) atoms. The Morgan fingerprint density at radius 3 is 2.47 bits per heavy atom. The molecule has 2 fully saturated rings. The van der Waals surface area contributed by atoms with Gasteiger partial charge in [-0.1, -0.05) is 19.3 Å². The van der Waals surface area contributed by atoms with Gasteiger partial charge in [0.1, 0.15) is 11.8 Å². The first-order valence-corrected chi connectivity index (χ1v) is 7.47. The van der Waals surface area contributed by atoms with E-state index in [1.54, 1.807) is 0 Å². The maximum atomic E-state index is 6.33. The van der Waals surface area contributed by atoms with Crippen LogP contribution in [0.2, 0.25) is 0 Å². The lowest BCUT2D eigenvalue weighted by Gasteiger charge is -2.56. The average molecular weight is 263 g/mol. The van der Waals surface area contributed by atoms with Gasteiger partial charge in [0.25, 0.3) is 0 Å². The Bertz CT molecular complexity index is 474. The molecule has 106 valence electrons. The molecule has 2 aliphatic carbocycles. The number of hydrogen-bond acceptors (Lipinski definition) is 3. The number of hydrogen-bond donors (Lipinski definition) is 1. The summed E-state index contributed by atoms with van der Waals surface area (Å²) in [6, 6.07) is 0.329. The summed E-state index contributed by atoms with van der Waals surface area (Å²) in [4.78, 5) is 0. The zero-order chi connectivity index (χ0) is 13.6. The van der Waals surface area contributed by atoms with Crippen LogP contribution in [-0.2, 0) is 7.05 Å². The molecule has 2 atom stereocenters. The van der Waals surface area contributed by atoms with E-state index in [0.717, 1.165) is 23.6 Å². The van der Waals surface area contributed by atoms with E-state index in [9.17, 15) is 0 Å². The Kier molecular flexibility index (Phi) is 3.08. The zero-order valence-corrected chi connectivity index (χ0v) is 12.3. The molecule has 1 heterocycles. The summed E-state index contributed by atoms with van der Waals surface area (Å²) in [6.07, 6.45) is 7.72. The van der Waals surface area contributed by atoms with E-state index < -0.39 is 0 Å². The normalized spacial score (nSPS) is 29.3. The van der Waals surface area contributed by atoms with Gasteiger partial charge in [0.2, 0.25) is 0 Å². The van der Waals surface area contributed by atoms with E-state index in [-0.39, 0.29) is 5.41 Å². The van der Waals surface area contributed by atoms with E-state index in [2.05, 4.69) is 12.0 Å². The summed E-state index contributed by atoms with van der Waals surface area (Å²) in [5.41, 5.74) is 8.66. The predicted molar refractivity (Wildman–Crippen MR) is 75.2 cm³/mol. The van der Waals surface area contributed by atoms with Crippen molar-refractivity contribution < 1.29 is 4.74 Å². The Balaban J connectivity index is 1.80. The van der Waals surface area contributed by atoms with Crippen LogP contribution in [0.4, 0.5) is 0 Å². The first kappa shape index (κ1) is 13.0. The van der Waals surface area contributed by atoms with Gasteiger partial charge in [-0.15, -0.1) is 0 Å². The molecule has 3 rings (SSSR count). The van der Waals surface area contributed by atoms with Crippen LogP contribution in [0.15, 0.2) is 0 Å². The van der Waals surface area contributed by atoms with Crippen molar-refractivity contribution in [1.82, 2.24) is 9.78 Å². The molecule has 0 bridgehead atoms. The summed E-state index contributed by atoms with van der Waals surface area (Å²) in [5.74, 6) is 0.976. The zero-order valence-electron chi connectivity index (χ0n) is 12.3. The van der Waals surface area contributed by atoms with Crippen LogP contribution >= 0.6 is 0 Å². The molecule has 0 amide bonds. The first-order chi connectivity index (χ1) is 9.04. The average Bonchev–Trinajstić information content (AvgIpc) is 2.65. The van der Waals surface area contributed by atoms with Crippen LogP contribution in [-0.4, -0.2) is 21.9 Å². The van der Waals surface area contributed by atoms with E-state index >= 15 is 0 Å². The van der Waals surface area contributed by atoms with Crippen LogP contribution < -0.4 is 10.5 Å². The van der Waals surface area contributed by atoms with Gasteiger partial charge < -0.3 is 10.5 Å². The summed E-state index contributed by atoms with van der Waals surface area (Å²) >= 11 is 0. The Morgan fingerprint density at radius 1 is 1.26 bits per heavy atom. The molecular formula is C15H25N3O. The molecule has 4 nitrogen and oxygen atoms in total. The highest BCUT2D eigenvalue weighted by Crippen LogP contribution is 2.52. The van der Waals surface area contributed by atoms with Crippen molar-refractivity contribution in [3.05, 3.63) is 11.4 Å². The molecule has 2 aliphatic rings. The van der Waals surface area contributed by atoms with Gasteiger partial charge in [-0.05, 0) is 26.7 Å². The number of aryl methyl sites for hydroxylation is 2. The SMILES string of the molecule is Cc1nn(C)c(C)c1OC1CC(N)C12CCCCC2. The van der Waals surface area contributed by atoms with Gasteiger partial charge in [-0.3, -0.25) is 4.68 Å². The summed E-state index contributed by atoms with van der Waals surface area (Å²) < 4.78 is 8.23. The Labute approximate surface area is 115 Å². The second kappa shape index (κ2) is 4.51. The van der Waals surface area contributed by atoms with Crippen LogP contribution in [0.5, 0.6) is 5.75 Å². The van der Waals surface area contributed by atoms with Crippen LogP contribution in [0.3, 0.4) is 0 Å². The summed E-state index contributed by atoms with van der Waals surface area (Å²) in [6.45, 7) is 4.09. The summed E-state index contributed by atoms with van der Waals surface area (Å²) in [5, 5.41) is 4.44. The fraction of sp³-hybridized carbons (Fsp3) is 0.800. The minimum Gasteiger partial charge on any atom is -0.486 e. The molecule has 2 saturated carbocycles. The minimum atomic E-state index is 0.243. The van der Waals surface area contributed by atoms with Gasteiger partial charge >= 0.3 is 0 Å². The van der Waals surface area contributed by atoms with Gasteiger partial charge in [0.15, 0.2) is 5.75 Å². The number of ether oxygens (including phenoxy) is 1. The van der Waals surface area contributed by atoms with Crippen molar-refractivity contribution in [3.63, 3.8) is 0 Å². The maximum Gasteiger partial charge on any atom is 0.163 e. The van der Waals surface area contributed by atoms with Crippen LogP contribution in [0.25, 0.3) is 0 Å². The lowest BCUT2D eigenvalue weighted by Crippen LogP contribution is -2.64. The van der Waals surface area contributed by atoms with E-state index in [0.29, 0.717) is 12.1 Å². The molecule has 0 radical (unpaired) electrons. The highest BCUT2D eigenvalue weighted by atomic mass is 16.5. The minimum absolute atomic E-state index is 0.243. The largest absolute Gasteiger partial charge is 0.486 e. The number of nitrogens with zero attached hydrogens (tertiary/aromatic N) is 2. The standard InChI is InChI=1S/C15H25N3O/c1-10-14(11(2)18(3)17-10)19-13-9-12(16)15(13)7-5-4-6-8-15/h12-13H,4-9,16H2,1-3H3. The molecule has 0 saturated heterocycles. The van der Waals surface area contributed by atoms with Crippen LogP contribution in [0, 0.1) is 19.3 Å². The number of nitrogens with two attached hydrogens (primary N) is 1. The van der Waals surface area contributed by atoms with Gasteiger partial charge in [0.05, 0.1) is 5.69 Å². The number of rotatable bonds is 2. The molecule has 0 aliphatic heterocycles. The molecule has 1 aromatic heterocycles. The third-order valence-electron chi connectivity index (χ3n) is 5.33. The molecular weight excluding hydrogens is 238 g/mol. The Hall–Kier alpha value is -1.03. The molecule has 2 N–H and O–H groups in total. The molecule has 4 heteroatoms. The van der Waals surface area contributed by atoms with E-state index in [1.165, 1.54) is 32.1 Å². The van der Waals surface area contributed by atoms with E-state index in [1.807, 2.05) is 18.7 Å². The van der Waals surface area contributed by atoms with Gasteiger partial charge in [0, 0.05) is 24.9 Å². The van der Waals surface area contributed by atoms with Crippen molar-refractivity contribution in [2.75, 3.05) is 0 Å². The van der Waals surface area contributed by atoms with Gasteiger partial charge in [-0.2, -0.15) is 5.10 Å². The molecule has 1 spiro atoms. The fourth-order valence-corrected chi connectivity index (χ4v) is 3.91. The lowest BCUT2D eigenvalue weighted by atomic mass is 9.55. The second-order valence-corrected chi connectivity index (χ2v) is 6.37. The van der Waals surface area contributed by atoms with Crippen molar-refractivity contribution >= 4 is 0 Å². The maximum absolute atomic E-state index is 6.33. The van der Waals surface area contributed by atoms with Crippen molar-refractivity contribution in [1.29, 1.82) is 0 Å². The Morgan fingerprint density at radius 2 is 1.95 bits per heavy atom. The smallest absolute Gasteiger partial charge is 0.163 e. The van der Waals surface area contributed by atoms with Crippen molar-refractivity contribution in [2.24, 2.45) is 18.2 Å². The third-order valence-corrected chi connectivity index (χ3v) is 5.33. The highest BCUT2D eigenvalue weighted by molar-refractivity contribution is 5.33. The predicted octanol–water partition coefficient (Wildman–Crippen LogP) is 2.47. The fourth-order valence-electron chi connectivity index (χ4n) is 3.91. The second-order valence-electron chi connectivity index (χ2n) is 6.37. The first-order valence-electron chi connectivity index (χ1n) is 7.47. The van der Waals surface area contributed by atoms with Gasteiger partial charge in [-0.25, -0.2) is 0 Å².